The van der Waals surface area contributed by atoms with E-state index < -0.39 is 0 Å². The van der Waals surface area contributed by atoms with E-state index in [2.05, 4.69) is 18.7 Å². The Hall–Kier alpha value is -0.610. The molecule has 1 saturated heterocycles. The molecular formula is C18H35N3O. The molecule has 128 valence electrons. The van der Waals surface area contributed by atoms with E-state index in [1.165, 1.54) is 32.1 Å². The van der Waals surface area contributed by atoms with E-state index in [-0.39, 0.29) is 11.9 Å². The minimum absolute atomic E-state index is 0.161. The van der Waals surface area contributed by atoms with Crippen LogP contribution in [0.3, 0.4) is 0 Å². The van der Waals surface area contributed by atoms with Crippen molar-refractivity contribution >= 4 is 5.91 Å². The molecule has 2 aliphatic rings. The quantitative estimate of drug-likeness (QED) is 0.849. The maximum absolute atomic E-state index is 12.6. The molecule has 1 heterocycles. The monoisotopic (exact) mass is 309 g/mol. The van der Waals surface area contributed by atoms with Gasteiger partial charge < -0.3 is 15.5 Å². The highest BCUT2D eigenvalue weighted by Gasteiger charge is 2.30. The van der Waals surface area contributed by atoms with Gasteiger partial charge in [-0.2, -0.15) is 0 Å². The Balaban J connectivity index is 1.78. The second-order valence-corrected chi connectivity index (χ2v) is 7.66. The summed E-state index contributed by atoms with van der Waals surface area (Å²) in [6, 6.07) is 0.687. The summed E-state index contributed by atoms with van der Waals surface area (Å²) < 4.78 is 0. The van der Waals surface area contributed by atoms with E-state index in [0.29, 0.717) is 18.0 Å². The topological polar surface area (TPSA) is 49.6 Å². The van der Waals surface area contributed by atoms with Crippen LogP contribution in [-0.4, -0.2) is 54.0 Å². The summed E-state index contributed by atoms with van der Waals surface area (Å²) in [4.78, 5) is 17.1. The third-order valence-corrected chi connectivity index (χ3v) is 5.75. The molecule has 0 spiro atoms. The Morgan fingerprint density at radius 2 is 1.73 bits per heavy atom. The number of piperidine rings is 1. The molecule has 1 saturated carbocycles. The van der Waals surface area contributed by atoms with E-state index in [9.17, 15) is 4.79 Å². The minimum Gasteiger partial charge on any atom is -0.341 e. The summed E-state index contributed by atoms with van der Waals surface area (Å²) in [5.74, 6) is 0.831. The van der Waals surface area contributed by atoms with Crippen molar-refractivity contribution in [1.82, 2.24) is 9.80 Å². The van der Waals surface area contributed by atoms with Gasteiger partial charge in [-0.15, -0.1) is 0 Å². The predicted molar refractivity (Wildman–Crippen MR) is 91.7 cm³/mol. The summed E-state index contributed by atoms with van der Waals surface area (Å²) in [5.41, 5.74) is 6.23. The molecule has 22 heavy (non-hydrogen) atoms. The van der Waals surface area contributed by atoms with Gasteiger partial charge in [0.25, 0.3) is 0 Å². The number of carbonyl (C=O) groups excluding carboxylic acids is 1. The van der Waals surface area contributed by atoms with Gasteiger partial charge in [-0.05, 0) is 39.0 Å². The van der Waals surface area contributed by atoms with Crippen molar-refractivity contribution in [3.05, 3.63) is 0 Å². The second kappa shape index (κ2) is 8.30. The van der Waals surface area contributed by atoms with Gasteiger partial charge in [0.2, 0.25) is 5.91 Å². The molecule has 1 aliphatic carbocycles. The highest BCUT2D eigenvalue weighted by atomic mass is 16.2. The highest BCUT2D eigenvalue weighted by Crippen LogP contribution is 2.27. The molecule has 1 atom stereocenters. The van der Waals surface area contributed by atoms with Gasteiger partial charge >= 0.3 is 0 Å². The van der Waals surface area contributed by atoms with Gasteiger partial charge in [0.15, 0.2) is 0 Å². The van der Waals surface area contributed by atoms with Crippen LogP contribution in [0.1, 0.15) is 65.2 Å². The van der Waals surface area contributed by atoms with Crippen LogP contribution in [0, 0.1) is 5.92 Å². The fourth-order valence-corrected chi connectivity index (χ4v) is 4.11. The fourth-order valence-electron chi connectivity index (χ4n) is 4.11. The number of nitrogens with zero attached hydrogens (tertiary/aromatic N) is 2. The van der Waals surface area contributed by atoms with Crippen LogP contribution in [0.5, 0.6) is 0 Å². The smallest absolute Gasteiger partial charge is 0.239 e. The van der Waals surface area contributed by atoms with Crippen LogP contribution >= 0.6 is 0 Å². The molecule has 2 N–H and O–H groups in total. The minimum atomic E-state index is -0.295. The maximum atomic E-state index is 12.6. The van der Waals surface area contributed by atoms with E-state index in [0.717, 1.165) is 32.4 Å². The molecule has 0 radical (unpaired) electrons. The lowest BCUT2D eigenvalue weighted by atomic mass is 9.84. The van der Waals surface area contributed by atoms with Crippen LogP contribution in [0.4, 0.5) is 0 Å². The summed E-state index contributed by atoms with van der Waals surface area (Å²) in [6.07, 6.45) is 9.55. The van der Waals surface area contributed by atoms with Crippen LogP contribution in [0.25, 0.3) is 0 Å². The lowest BCUT2D eigenvalue weighted by Gasteiger charge is -2.39. The van der Waals surface area contributed by atoms with E-state index >= 15 is 0 Å². The van der Waals surface area contributed by atoms with Gasteiger partial charge in [0, 0.05) is 32.2 Å². The lowest BCUT2D eigenvalue weighted by Crippen LogP contribution is -2.51. The zero-order valence-electron chi connectivity index (χ0n) is 14.8. The molecule has 0 aromatic heterocycles. The van der Waals surface area contributed by atoms with Crippen molar-refractivity contribution in [2.75, 3.05) is 20.1 Å². The highest BCUT2D eigenvalue weighted by molar-refractivity contribution is 5.81. The van der Waals surface area contributed by atoms with E-state index in [1.54, 1.807) is 0 Å². The molecule has 0 bridgehead atoms. The van der Waals surface area contributed by atoms with Crippen molar-refractivity contribution < 1.29 is 4.79 Å². The molecule has 0 aromatic rings. The maximum Gasteiger partial charge on any atom is 0.239 e. The molecule has 1 unspecified atom stereocenters. The van der Waals surface area contributed by atoms with E-state index in [4.69, 9.17) is 5.73 Å². The molecule has 4 nitrogen and oxygen atoms in total. The fraction of sp³-hybridized carbons (Fsp3) is 0.944. The number of carbonyl (C=O) groups is 1. The van der Waals surface area contributed by atoms with Gasteiger partial charge in [0.1, 0.15) is 0 Å². The van der Waals surface area contributed by atoms with Crippen LogP contribution in [-0.2, 0) is 4.79 Å². The summed E-state index contributed by atoms with van der Waals surface area (Å²) in [6.45, 7) is 6.68. The second-order valence-electron chi connectivity index (χ2n) is 7.66. The first kappa shape index (κ1) is 17.7. The zero-order chi connectivity index (χ0) is 16.1. The number of amides is 1. The van der Waals surface area contributed by atoms with Gasteiger partial charge in [-0.3, -0.25) is 4.79 Å². The van der Waals surface area contributed by atoms with Crippen molar-refractivity contribution in [2.24, 2.45) is 11.7 Å². The lowest BCUT2D eigenvalue weighted by molar-refractivity contribution is -0.134. The van der Waals surface area contributed by atoms with E-state index in [1.807, 2.05) is 11.9 Å². The standard InChI is InChI=1S/C18H35N3O/c1-14(2)21-11-9-16(10-12-21)20(3)18(22)17(19)13-15-7-5-4-6-8-15/h14-17H,4-13,19H2,1-3H3. The normalized spacial score (nSPS) is 23.7. The van der Waals surface area contributed by atoms with Crippen LogP contribution in [0.2, 0.25) is 0 Å². The Bertz CT molecular complexity index is 344. The van der Waals surface area contributed by atoms with Crippen LogP contribution in [0.15, 0.2) is 0 Å². The molecule has 2 rings (SSSR count). The third kappa shape index (κ3) is 4.69. The third-order valence-electron chi connectivity index (χ3n) is 5.75. The van der Waals surface area contributed by atoms with Crippen molar-refractivity contribution in [2.45, 2.75) is 83.3 Å². The largest absolute Gasteiger partial charge is 0.341 e. The van der Waals surface area contributed by atoms with Crippen LogP contribution < -0.4 is 5.73 Å². The predicted octanol–water partition coefficient (Wildman–Crippen LogP) is 2.62. The molecule has 4 heteroatoms. The summed E-state index contributed by atoms with van der Waals surface area (Å²) >= 11 is 0. The Kier molecular flexibility index (Phi) is 6.69. The molecule has 2 fully saturated rings. The molecular weight excluding hydrogens is 274 g/mol. The number of likely N-dealkylation sites (tertiary alicyclic amines) is 1. The Morgan fingerprint density at radius 3 is 2.27 bits per heavy atom. The Morgan fingerprint density at radius 1 is 1.14 bits per heavy atom. The van der Waals surface area contributed by atoms with Crippen molar-refractivity contribution in [3.8, 4) is 0 Å². The summed E-state index contributed by atoms with van der Waals surface area (Å²) in [7, 11) is 1.96. The first-order valence-electron chi connectivity index (χ1n) is 9.25. The summed E-state index contributed by atoms with van der Waals surface area (Å²) in [5, 5.41) is 0. The van der Waals surface area contributed by atoms with Crippen molar-refractivity contribution in [3.63, 3.8) is 0 Å². The van der Waals surface area contributed by atoms with Gasteiger partial charge in [-0.25, -0.2) is 0 Å². The van der Waals surface area contributed by atoms with Crippen molar-refractivity contribution in [1.29, 1.82) is 0 Å². The zero-order valence-corrected chi connectivity index (χ0v) is 14.8. The first-order valence-corrected chi connectivity index (χ1v) is 9.25. The number of hydrogen-bond donors (Lipinski definition) is 1. The SMILES string of the molecule is CC(C)N1CCC(N(C)C(=O)C(N)CC2CCCCC2)CC1. The molecule has 1 amide bonds. The number of hydrogen-bond acceptors (Lipinski definition) is 3. The van der Waals surface area contributed by atoms with Gasteiger partial charge in [-0.1, -0.05) is 32.1 Å². The first-order chi connectivity index (χ1) is 10.5. The molecule has 0 aromatic carbocycles. The average molecular weight is 309 g/mol. The number of rotatable bonds is 5. The number of nitrogens with two attached hydrogens (primary N) is 1. The average Bonchev–Trinajstić information content (AvgIpc) is 2.54. The molecule has 1 aliphatic heterocycles. The number of likely N-dealkylation sites (N-methyl/N-ethyl adjacent to an activating group) is 1. The Labute approximate surface area is 136 Å². The van der Waals surface area contributed by atoms with Gasteiger partial charge in [0.05, 0.1) is 6.04 Å².